The third kappa shape index (κ3) is 3.85. The number of para-hydroxylation sites is 2. The maximum Gasteiger partial charge on any atom is 0.228 e. The third-order valence-corrected chi connectivity index (χ3v) is 5.21. The summed E-state index contributed by atoms with van der Waals surface area (Å²) in [4.78, 5) is 17.4. The summed E-state index contributed by atoms with van der Waals surface area (Å²) in [6.07, 6.45) is 3.39. The van der Waals surface area contributed by atoms with Gasteiger partial charge in [0.05, 0.1) is 23.1 Å². The molecule has 2 heterocycles. The standard InChI is InChI=1S/C19H28N4O2/c1-23-16-7-4-3-6-15(16)22-17(23)8-5-11-21-18(24)19(14-25-2)9-12-20-13-10-19/h3-4,6-7,20H,5,8-14H2,1-2H3,(H,21,24). The van der Waals surface area contributed by atoms with Gasteiger partial charge in [0.2, 0.25) is 5.91 Å². The number of hydrogen-bond donors (Lipinski definition) is 2. The summed E-state index contributed by atoms with van der Waals surface area (Å²) in [5.74, 6) is 1.18. The molecule has 0 radical (unpaired) electrons. The molecule has 0 unspecified atom stereocenters. The fraction of sp³-hybridized carbons (Fsp3) is 0.579. The van der Waals surface area contributed by atoms with Gasteiger partial charge < -0.3 is 19.9 Å². The lowest BCUT2D eigenvalue weighted by Crippen LogP contribution is -2.50. The Balaban J connectivity index is 1.53. The summed E-state index contributed by atoms with van der Waals surface area (Å²) in [5, 5.41) is 6.43. The van der Waals surface area contributed by atoms with E-state index in [4.69, 9.17) is 4.74 Å². The van der Waals surface area contributed by atoms with Crippen molar-refractivity contribution in [3.8, 4) is 0 Å². The predicted molar refractivity (Wildman–Crippen MR) is 98.5 cm³/mol. The highest BCUT2D eigenvalue weighted by Crippen LogP contribution is 2.29. The molecule has 136 valence electrons. The van der Waals surface area contributed by atoms with E-state index in [1.54, 1.807) is 7.11 Å². The number of benzene rings is 1. The van der Waals surface area contributed by atoms with Crippen LogP contribution in [-0.4, -0.2) is 48.8 Å². The summed E-state index contributed by atoms with van der Waals surface area (Å²) in [6, 6.07) is 8.15. The lowest BCUT2D eigenvalue weighted by Gasteiger charge is -2.35. The number of aryl methyl sites for hydroxylation is 2. The van der Waals surface area contributed by atoms with Crippen LogP contribution in [0.2, 0.25) is 0 Å². The van der Waals surface area contributed by atoms with Crippen LogP contribution in [0, 0.1) is 5.41 Å². The van der Waals surface area contributed by atoms with Crippen molar-refractivity contribution in [2.75, 3.05) is 33.4 Å². The van der Waals surface area contributed by atoms with E-state index in [2.05, 4.69) is 26.3 Å². The molecule has 1 saturated heterocycles. The molecule has 3 rings (SSSR count). The highest BCUT2D eigenvalue weighted by atomic mass is 16.5. The van der Waals surface area contributed by atoms with Crippen LogP contribution < -0.4 is 10.6 Å². The van der Waals surface area contributed by atoms with E-state index < -0.39 is 0 Å². The van der Waals surface area contributed by atoms with E-state index in [-0.39, 0.29) is 11.3 Å². The van der Waals surface area contributed by atoms with Gasteiger partial charge in [-0.05, 0) is 44.5 Å². The molecule has 0 bridgehead atoms. The Labute approximate surface area is 149 Å². The fourth-order valence-corrected chi connectivity index (χ4v) is 3.67. The molecule has 0 atom stereocenters. The monoisotopic (exact) mass is 344 g/mol. The van der Waals surface area contributed by atoms with E-state index in [9.17, 15) is 4.79 Å². The van der Waals surface area contributed by atoms with Crippen molar-refractivity contribution in [3.05, 3.63) is 30.1 Å². The number of rotatable bonds is 7. The van der Waals surface area contributed by atoms with Crippen molar-refractivity contribution in [1.29, 1.82) is 0 Å². The molecule has 1 aliphatic heterocycles. The Kier molecular flexibility index (Phi) is 5.71. The van der Waals surface area contributed by atoms with Crippen molar-refractivity contribution in [3.63, 3.8) is 0 Å². The second-order valence-electron chi connectivity index (χ2n) is 6.90. The first-order valence-electron chi connectivity index (χ1n) is 9.04. The minimum absolute atomic E-state index is 0.126. The molecular weight excluding hydrogens is 316 g/mol. The largest absolute Gasteiger partial charge is 0.384 e. The van der Waals surface area contributed by atoms with Gasteiger partial charge in [0.25, 0.3) is 0 Å². The number of amides is 1. The van der Waals surface area contributed by atoms with Gasteiger partial charge in [0, 0.05) is 27.1 Å². The lowest BCUT2D eigenvalue weighted by molar-refractivity contribution is -0.136. The first-order valence-corrected chi connectivity index (χ1v) is 9.04. The van der Waals surface area contributed by atoms with E-state index in [1.165, 1.54) is 0 Å². The highest BCUT2D eigenvalue weighted by molar-refractivity contribution is 5.83. The van der Waals surface area contributed by atoms with Crippen LogP contribution in [0.4, 0.5) is 0 Å². The quantitative estimate of drug-likeness (QED) is 0.749. The molecule has 1 aliphatic rings. The normalized spacial score (nSPS) is 16.9. The number of fused-ring (bicyclic) bond motifs is 1. The highest BCUT2D eigenvalue weighted by Gasteiger charge is 2.39. The van der Waals surface area contributed by atoms with Crippen molar-refractivity contribution in [2.45, 2.75) is 25.7 Å². The molecule has 0 saturated carbocycles. The van der Waals surface area contributed by atoms with Gasteiger partial charge >= 0.3 is 0 Å². The van der Waals surface area contributed by atoms with Gasteiger partial charge in [0.15, 0.2) is 0 Å². The molecule has 6 nitrogen and oxygen atoms in total. The number of carbonyl (C=O) groups excluding carboxylic acids is 1. The molecule has 1 aromatic carbocycles. The Bertz CT molecular complexity index is 714. The van der Waals surface area contributed by atoms with Gasteiger partial charge in [0.1, 0.15) is 5.82 Å². The number of hydrogen-bond acceptors (Lipinski definition) is 4. The number of piperidine rings is 1. The van der Waals surface area contributed by atoms with Crippen LogP contribution in [0.5, 0.6) is 0 Å². The van der Waals surface area contributed by atoms with Crippen LogP contribution in [0.15, 0.2) is 24.3 Å². The summed E-state index contributed by atoms with van der Waals surface area (Å²) >= 11 is 0. The average molecular weight is 344 g/mol. The molecule has 1 amide bonds. The third-order valence-electron chi connectivity index (χ3n) is 5.21. The van der Waals surface area contributed by atoms with E-state index in [1.807, 2.05) is 25.2 Å². The predicted octanol–water partition coefficient (Wildman–Crippen LogP) is 1.64. The van der Waals surface area contributed by atoms with Gasteiger partial charge in [-0.2, -0.15) is 0 Å². The number of nitrogens with one attached hydrogen (secondary N) is 2. The Morgan fingerprint density at radius 2 is 2.12 bits per heavy atom. The van der Waals surface area contributed by atoms with Crippen LogP contribution in [0.25, 0.3) is 11.0 Å². The zero-order valence-electron chi connectivity index (χ0n) is 15.2. The average Bonchev–Trinajstić information content (AvgIpc) is 2.96. The van der Waals surface area contributed by atoms with E-state index in [0.717, 1.165) is 55.6 Å². The molecule has 6 heteroatoms. The minimum atomic E-state index is -0.377. The Hall–Kier alpha value is -1.92. The van der Waals surface area contributed by atoms with Crippen molar-refractivity contribution in [2.24, 2.45) is 12.5 Å². The maximum absolute atomic E-state index is 12.7. The molecule has 2 N–H and O–H groups in total. The first-order chi connectivity index (χ1) is 12.2. The summed E-state index contributed by atoms with van der Waals surface area (Å²) in [7, 11) is 3.72. The molecule has 1 aromatic heterocycles. The zero-order chi connectivity index (χ0) is 17.7. The minimum Gasteiger partial charge on any atom is -0.384 e. The topological polar surface area (TPSA) is 68.2 Å². The molecule has 2 aromatic rings. The van der Waals surface area contributed by atoms with E-state index in [0.29, 0.717) is 13.2 Å². The van der Waals surface area contributed by atoms with E-state index >= 15 is 0 Å². The van der Waals surface area contributed by atoms with Gasteiger partial charge in [-0.1, -0.05) is 12.1 Å². The van der Waals surface area contributed by atoms with Crippen molar-refractivity contribution in [1.82, 2.24) is 20.2 Å². The SMILES string of the molecule is COCC1(C(=O)NCCCc2nc3ccccc3n2C)CCNCC1. The summed E-state index contributed by atoms with van der Waals surface area (Å²) in [5.41, 5.74) is 1.80. The number of methoxy groups -OCH3 is 1. The Morgan fingerprint density at radius 3 is 2.84 bits per heavy atom. The number of nitrogens with zero attached hydrogens (tertiary/aromatic N) is 2. The second kappa shape index (κ2) is 7.97. The second-order valence-corrected chi connectivity index (χ2v) is 6.90. The van der Waals surface area contributed by atoms with Crippen LogP contribution in [0.1, 0.15) is 25.1 Å². The first kappa shape index (κ1) is 17.9. The number of carbonyl (C=O) groups is 1. The lowest BCUT2D eigenvalue weighted by atomic mass is 9.78. The number of aromatic nitrogens is 2. The fourth-order valence-electron chi connectivity index (χ4n) is 3.67. The smallest absolute Gasteiger partial charge is 0.228 e. The molecule has 1 fully saturated rings. The Morgan fingerprint density at radius 1 is 1.36 bits per heavy atom. The maximum atomic E-state index is 12.7. The number of ether oxygens (including phenoxy) is 1. The summed E-state index contributed by atoms with van der Waals surface area (Å²) in [6.45, 7) is 2.90. The van der Waals surface area contributed by atoms with Gasteiger partial charge in [-0.25, -0.2) is 4.98 Å². The van der Waals surface area contributed by atoms with Crippen molar-refractivity contribution < 1.29 is 9.53 Å². The molecule has 0 aliphatic carbocycles. The molecule has 25 heavy (non-hydrogen) atoms. The van der Waals surface area contributed by atoms with Crippen LogP contribution >= 0.6 is 0 Å². The van der Waals surface area contributed by atoms with Crippen LogP contribution in [-0.2, 0) is 23.0 Å². The van der Waals surface area contributed by atoms with Gasteiger partial charge in [-0.15, -0.1) is 0 Å². The zero-order valence-corrected chi connectivity index (χ0v) is 15.2. The number of imidazole rings is 1. The summed E-state index contributed by atoms with van der Waals surface area (Å²) < 4.78 is 7.46. The molecular formula is C19H28N4O2. The van der Waals surface area contributed by atoms with Crippen molar-refractivity contribution >= 4 is 16.9 Å². The molecule has 0 spiro atoms. The van der Waals surface area contributed by atoms with Crippen LogP contribution in [0.3, 0.4) is 0 Å². The van der Waals surface area contributed by atoms with Gasteiger partial charge in [-0.3, -0.25) is 4.79 Å².